The summed E-state index contributed by atoms with van der Waals surface area (Å²) in [5.41, 5.74) is 0.717. The second-order valence-electron chi connectivity index (χ2n) is 5.17. The molecule has 0 N–H and O–H groups in total. The number of nitrogens with zero attached hydrogens (tertiary/aromatic N) is 3. The standard InChI is InChI=1S/C15H17N3O2S/c1-2-3-8-17-9-11-18(12-10-17)15-13-6-4-5-7-14(13)21(19,20)16-15/h1,4-7H,3,8-12H2. The van der Waals surface area contributed by atoms with E-state index in [0.29, 0.717) is 10.7 Å². The number of fused-ring (bicyclic) bond motifs is 1. The highest BCUT2D eigenvalue weighted by atomic mass is 32.2. The first-order chi connectivity index (χ1) is 10.1. The summed E-state index contributed by atoms with van der Waals surface area (Å²) < 4.78 is 28.1. The van der Waals surface area contributed by atoms with Gasteiger partial charge < -0.3 is 4.90 Å². The maximum absolute atomic E-state index is 12.1. The van der Waals surface area contributed by atoms with Crippen LogP contribution in [0.1, 0.15) is 12.0 Å². The van der Waals surface area contributed by atoms with E-state index >= 15 is 0 Å². The van der Waals surface area contributed by atoms with Crippen LogP contribution in [0, 0.1) is 12.3 Å². The fraction of sp³-hybridized carbons (Fsp3) is 0.400. The van der Waals surface area contributed by atoms with E-state index in [1.165, 1.54) is 0 Å². The highest BCUT2D eigenvalue weighted by molar-refractivity contribution is 7.90. The summed E-state index contributed by atoms with van der Waals surface area (Å²) in [6, 6.07) is 7.01. The Bertz CT molecular complexity index is 711. The molecule has 21 heavy (non-hydrogen) atoms. The minimum atomic E-state index is -3.53. The van der Waals surface area contributed by atoms with Crippen molar-refractivity contribution in [2.45, 2.75) is 11.3 Å². The van der Waals surface area contributed by atoms with E-state index in [-0.39, 0.29) is 0 Å². The second kappa shape index (κ2) is 5.51. The van der Waals surface area contributed by atoms with Gasteiger partial charge in [0.25, 0.3) is 10.0 Å². The third kappa shape index (κ3) is 2.67. The van der Waals surface area contributed by atoms with Crippen LogP contribution in [-0.4, -0.2) is 56.8 Å². The molecule has 0 unspecified atom stereocenters. The molecule has 1 fully saturated rings. The smallest absolute Gasteiger partial charge is 0.285 e. The third-order valence-corrected chi connectivity index (χ3v) is 5.18. The van der Waals surface area contributed by atoms with E-state index in [1.54, 1.807) is 12.1 Å². The number of hydrogen-bond acceptors (Lipinski definition) is 4. The average molecular weight is 303 g/mol. The van der Waals surface area contributed by atoms with E-state index in [9.17, 15) is 8.42 Å². The minimum Gasteiger partial charge on any atom is -0.353 e. The molecule has 0 aromatic heterocycles. The van der Waals surface area contributed by atoms with Crippen molar-refractivity contribution in [3.8, 4) is 12.3 Å². The first-order valence-electron chi connectivity index (χ1n) is 6.97. The minimum absolute atomic E-state index is 0.315. The molecule has 1 aromatic rings. The Hall–Kier alpha value is -1.84. The Kier molecular flexibility index (Phi) is 3.70. The molecule has 0 aliphatic carbocycles. The van der Waals surface area contributed by atoms with Crippen LogP contribution in [0.2, 0.25) is 0 Å². The number of sulfonamides is 1. The molecule has 0 saturated carbocycles. The Morgan fingerprint density at radius 1 is 1.19 bits per heavy atom. The average Bonchev–Trinajstić information content (AvgIpc) is 2.78. The normalized spacial score (nSPS) is 20.7. The first-order valence-corrected chi connectivity index (χ1v) is 8.41. The molecule has 1 aromatic carbocycles. The van der Waals surface area contributed by atoms with Gasteiger partial charge in [-0.1, -0.05) is 12.1 Å². The van der Waals surface area contributed by atoms with Crippen LogP contribution in [0.4, 0.5) is 0 Å². The second-order valence-corrected chi connectivity index (χ2v) is 6.74. The summed E-state index contributed by atoms with van der Waals surface area (Å²) in [5.74, 6) is 3.23. The molecule has 0 radical (unpaired) electrons. The fourth-order valence-corrected chi connectivity index (χ4v) is 3.95. The molecule has 110 valence electrons. The zero-order valence-electron chi connectivity index (χ0n) is 11.7. The molecule has 2 aliphatic heterocycles. The summed E-state index contributed by atoms with van der Waals surface area (Å²) in [4.78, 5) is 4.66. The van der Waals surface area contributed by atoms with E-state index < -0.39 is 10.0 Å². The van der Waals surface area contributed by atoms with Crippen LogP contribution in [-0.2, 0) is 10.0 Å². The topological polar surface area (TPSA) is 53.0 Å². The first kappa shape index (κ1) is 14.1. The lowest BCUT2D eigenvalue weighted by Crippen LogP contribution is -2.48. The predicted octanol–water partition coefficient (Wildman–Crippen LogP) is 0.776. The largest absolute Gasteiger partial charge is 0.353 e. The van der Waals surface area contributed by atoms with Crippen molar-refractivity contribution in [3.05, 3.63) is 29.8 Å². The van der Waals surface area contributed by atoms with Crippen molar-refractivity contribution >= 4 is 15.9 Å². The van der Waals surface area contributed by atoms with Gasteiger partial charge in [-0.3, -0.25) is 4.90 Å². The fourth-order valence-electron chi connectivity index (χ4n) is 2.72. The predicted molar refractivity (Wildman–Crippen MR) is 81.6 cm³/mol. The number of amidine groups is 1. The van der Waals surface area contributed by atoms with Gasteiger partial charge in [-0.25, -0.2) is 0 Å². The molecule has 1 saturated heterocycles. The molecule has 0 amide bonds. The van der Waals surface area contributed by atoms with Gasteiger partial charge in [0, 0.05) is 44.7 Å². The van der Waals surface area contributed by atoms with Gasteiger partial charge in [0.15, 0.2) is 5.84 Å². The van der Waals surface area contributed by atoms with E-state index in [2.05, 4.69) is 20.1 Å². The summed E-state index contributed by atoms with van der Waals surface area (Å²) in [5, 5.41) is 0. The van der Waals surface area contributed by atoms with Crippen molar-refractivity contribution in [2.75, 3.05) is 32.7 Å². The van der Waals surface area contributed by atoms with Crippen LogP contribution >= 0.6 is 0 Å². The zero-order chi connectivity index (χ0) is 14.9. The molecule has 0 atom stereocenters. The monoisotopic (exact) mass is 303 g/mol. The van der Waals surface area contributed by atoms with Gasteiger partial charge in [0.05, 0.1) is 0 Å². The van der Waals surface area contributed by atoms with Crippen molar-refractivity contribution in [2.24, 2.45) is 4.40 Å². The van der Waals surface area contributed by atoms with E-state index in [0.717, 1.165) is 44.7 Å². The Balaban J connectivity index is 1.77. The van der Waals surface area contributed by atoms with Crippen molar-refractivity contribution in [1.29, 1.82) is 0 Å². The van der Waals surface area contributed by atoms with Gasteiger partial charge in [-0.2, -0.15) is 8.42 Å². The zero-order valence-corrected chi connectivity index (χ0v) is 12.5. The highest BCUT2D eigenvalue weighted by Crippen LogP contribution is 2.27. The van der Waals surface area contributed by atoms with Gasteiger partial charge in [0.2, 0.25) is 0 Å². The maximum atomic E-state index is 12.1. The van der Waals surface area contributed by atoms with Crippen molar-refractivity contribution in [1.82, 2.24) is 9.80 Å². The van der Waals surface area contributed by atoms with Crippen molar-refractivity contribution < 1.29 is 8.42 Å². The lowest BCUT2D eigenvalue weighted by Gasteiger charge is -2.35. The lowest BCUT2D eigenvalue weighted by atomic mass is 10.1. The Morgan fingerprint density at radius 3 is 2.62 bits per heavy atom. The number of hydrogen-bond donors (Lipinski definition) is 0. The van der Waals surface area contributed by atoms with Gasteiger partial charge in [0.1, 0.15) is 4.90 Å². The van der Waals surface area contributed by atoms with Gasteiger partial charge >= 0.3 is 0 Å². The lowest BCUT2D eigenvalue weighted by molar-refractivity contribution is 0.186. The summed E-state index contributed by atoms with van der Waals surface area (Å²) in [7, 11) is -3.53. The Morgan fingerprint density at radius 2 is 1.90 bits per heavy atom. The molecular weight excluding hydrogens is 286 g/mol. The molecule has 3 rings (SSSR count). The van der Waals surface area contributed by atoms with Crippen LogP contribution in [0.25, 0.3) is 0 Å². The number of terminal acetylenes is 1. The highest BCUT2D eigenvalue weighted by Gasteiger charge is 2.32. The summed E-state index contributed by atoms with van der Waals surface area (Å²) >= 11 is 0. The molecule has 2 heterocycles. The van der Waals surface area contributed by atoms with Crippen LogP contribution < -0.4 is 0 Å². The third-order valence-electron chi connectivity index (χ3n) is 3.86. The maximum Gasteiger partial charge on any atom is 0.285 e. The van der Waals surface area contributed by atoms with Crippen molar-refractivity contribution in [3.63, 3.8) is 0 Å². The summed E-state index contributed by atoms with van der Waals surface area (Å²) in [6.07, 6.45) is 6.03. The molecule has 0 spiro atoms. The molecule has 2 aliphatic rings. The molecule has 6 heteroatoms. The molecule has 5 nitrogen and oxygen atoms in total. The summed E-state index contributed by atoms with van der Waals surface area (Å²) in [6.45, 7) is 4.19. The number of benzene rings is 1. The van der Waals surface area contributed by atoms with E-state index in [4.69, 9.17) is 6.42 Å². The van der Waals surface area contributed by atoms with Gasteiger partial charge in [-0.05, 0) is 12.1 Å². The quantitative estimate of drug-likeness (QED) is 0.758. The number of piperazine rings is 1. The van der Waals surface area contributed by atoms with E-state index in [1.807, 2.05) is 12.1 Å². The molecular formula is C15H17N3O2S. The Labute approximate surface area is 125 Å². The number of rotatable bonds is 2. The van der Waals surface area contributed by atoms with Gasteiger partial charge in [-0.15, -0.1) is 16.7 Å². The SMILES string of the molecule is C#CCCN1CCN(C2=NS(=O)(=O)c3ccccc32)CC1. The van der Waals surface area contributed by atoms with Crippen LogP contribution in [0.3, 0.4) is 0 Å². The van der Waals surface area contributed by atoms with Crippen LogP contribution in [0.5, 0.6) is 0 Å². The molecule has 0 bridgehead atoms. The van der Waals surface area contributed by atoms with Crippen LogP contribution in [0.15, 0.2) is 33.6 Å².